The molecule has 3 heteroatoms. The average molecular weight is 235 g/mol. The first-order chi connectivity index (χ1) is 5.33. The number of hydrogen-bond acceptors (Lipinski definition) is 1. The third kappa shape index (κ3) is 3.21. The molecule has 0 saturated heterocycles. The maximum absolute atomic E-state index is 5.70. The fraction of sp³-hybridized carbons (Fsp3) is 0.375. The summed E-state index contributed by atoms with van der Waals surface area (Å²) in [5.41, 5.74) is 1.25. The van der Waals surface area contributed by atoms with Crippen molar-refractivity contribution in [2.24, 2.45) is 0 Å². The Morgan fingerprint density at radius 3 is 3.00 bits per heavy atom. The number of aromatic nitrogens is 1. The lowest BCUT2D eigenvalue weighted by Crippen LogP contribution is -1.86. The lowest BCUT2D eigenvalue weighted by atomic mass is 10.2. The molecule has 0 radical (unpaired) electrons. The van der Waals surface area contributed by atoms with Gasteiger partial charge in [-0.3, -0.25) is 0 Å². The molecule has 1 heterocycles. The molecule has 0 bridgehead atoms. The van der Waals surface area contributed by atoms with E-state index in [-0.39, 0.29) is 0 Å². The molecule has 1 aromatic heterocycles. The predicted molar refractivity (Wildman–Crippen MR) is 51.4 cm³/mol. The highest BCUT2D eigenvalue weighted by Gasteiger charge is 1.93. The van der Waals surface area contributed by atoms with Crippen molar-refractivity contribution in [1.29, 1.82) is 0 Å². The summed E-state index contributed by atoms with van der Waals surface area (Å²) in [4.78, 5) is 3.90. The molecule has 0 aliphatic carbocycles. The molecule has 1 nitrogen and oxygen atoms in total. The number of aryl methyl sites for hydroxylation is 1. The van der Waals surface area contributed by atoms with E-state index in [0.29, 0.717) is 5.15 Å². The van der Waals surface area contributed by atoms with E-state index in [1.54, 1.807) is 6.20 Å². The molecule has 1 aromatic rings. The SMILES string of the molecule is Clc1cc(CCCBr)ccn1. The van der Waals surface area contributed by atoms with Crippen LogP contribution in [0.4, 0.5) is 0 Å². The smallest absolute Gasteiger partial charge is 0.129 e. The van der Waals surface area contributed by atoms with Crippen molar-refractivity contribution in [2.45, 2.75) is 12.8 Å². The number of nitrogens with zero attached hydrogens (tertiary/aromatic N) is 1. The fourth-order valence-electron chi connectivity index (χ4n) is 0.869. The van der Waals surface area contributed by atoms with Crippen LogP contribution in [0.15, 0.2) is 18.3 Å². The summed E-state index contributed by atoms with van der Waals surface area (Å²) < 4.78 is 0. The van der Waals surface area contributed by atoms with Gasteiger partial charge in [-0.05, 0) is 30.5 Å². The second-order valence-corrected chi connectivity index (χ2v) is 3.46. The zero-order chi connectivity index (χ0) is 8.10. The van der Waals surface area contributed by atoms with Crippen LogP contribution >= 0.6 is 27.5 Å². The van der Waals surface area contributed by atoms with Gasteiger partial charge in [-0.1, -0.05) is 27.5 Å². The molecule has 11 heavy (non-hydrogen) atoms. The van der Waals surface area contributed by atoms with Gasteiger partial charge < -0.3 is 0 Å². The Labute approximate surface area is 79.9 Å². The second kappa shape index (κ2) is 4.73. The minimum Gasteiger partial charge on any atom is -0.245 e. The highest BCUT2D eigenvalue weighted by Crippen LogP contribution is 2.09. The maximum atomic E-state index is 5.70. The van der Waals surface area contributed by atoms with Crippen LogP contribution in [0.5, 0.6) is 0 Å². The number of rotatable bonds is 3. The minimum absolute atomic E-state index is 0.581. The Bertz CT molecular complexity index is 227. The lowest BCUT2D eigenvalue weighted by molar-refractivity contribution is 0.935. The Morgan fingerprint density at radius 1 is 1.55 bits per heavy atom. The second-order valence-electron chi connectivity index (χ2n) is 2.28. The van der Waals surface area contributed by atoms with E-state index in [1.165, 1.54) is 5.56 Å². The van der Waals surface area contributed by atoms with Crippen molar-refractivity contribution in [3.63, 3.8) is 0 Å². The Morgan fingerprint density at radius 2 is 2.36 bits per heavy atom. The van der Waals surface area contributed by atoms with Crippen molar-refractivity contribution in [2.75, 3.05) is 5.33 Å². The molecule has 60 valence electrons. The fourth-order valence-corrected chi connectivity index (χ4v) is 1.35. The molecule has 0 N–H and O–H groups in total. The van der Waals surface area contributed by atoms with Gasteiger partial charge in [-0.25, -0.2) is 4.98 Å². The van der Waals surface area contributed by atoms with Gasteiger partial charge >= 0.3 is 0 Å². The van der Waals surface area contributed by atoms with Crippen molar-refractivity contribution in [1.82, 2.24) is 4.98 Å². The molecule has 0 unspecified atom stereocenters. The van der Waals surface area contributed by atoms with Gasteiger partial charge in [0.15, 0.2) is 0 Å². The van der Waals surface area contributed by atoms with E-state index >= 15 is 0 Å². The highest BCUT2D eigenvalue weighted by molar-refractivity contribution is 9.09. The third-order valence-electron chi connectivity index (χ3n) is 1.39. The molecule has 0 amide bonds. The first-order valence-corrected chi connectivity index (χ1v) is 4.99. The van der Waals surface area contributed by atoms with Crippen LogP contribution < -0.4 is 0 Å². The van der Waals surface area contributed by atoms with Crippen molar-refractivity contribution in [3.05, 3.63) is 29.0 Å². The number of pyridine rings is 1. The van der Waals surface area contributed by atoms with Gasteiger partial charge in [-0.15, -0.1) is 0 Å². The number of hydrogen-bond donors (Lipinski definition) is 0. The van der Waals surface area contributed by atoms with Crippen LogP contribution in [-0.4, -0.2) is 10.3 Å². The van der Waals surface area contributed by atoms with Crippen molar-refractivity contribution in [3.8, 4) is 0 Å². The molecular formula is C8H9BrClN. The monoisotopic (exact) mass is 233 g/mol. The third-order valence-corrected chi connectivity index (χ3v) is 2.16. The molecule has 0 aliphatic heterocycles. The van der Waals surface area contributed by atoms with Gasteiger partial charge in [0, 0.05) is 11.5 Å². The highest BCUT2D eigenvalue weighted by atomic mass is 79.9. The molecular weight excluding hydrogens is 225 g/mol. The van der Waals surface area contributed by atoms with Crippen LogP contribution in [0, 0.1) is 0 Å². The zero-order valence-corrected chi connectivity index (χ0v) is 8.40. The average Bonchev–Trinajstić information content (AvgIpc) is 2.01. The van der Waals surface area contributed by atoms with E-state index < -0.39 is 0 Å². The van der Waals surface area contributed by atoms with Crippen LogP contribution in [0.3, 0.4) is 0 Å². The first kappa shape index (κ1) is 9.01. The van der Waals surface area contributed by atoms with Gasteiger partial charge in [-0.2, -0.15) is 0 Å². The van der Waals surface area contributed by atoms with Crippen LogP contribution in [0.25, 0.3) is 0 Å². The summed E-state index contributed by atoms with van der Waals surface area (Å²) in [6.45, 7) is 0. The summed E-state index contributed by atoms with van der Waals surface area (Å²) in [6, 6.07) is 3.90. The predicted octanol–water partition coefficient (Wildman–Crippen LogP) is 3.06. The van der Waals surface area contributed by atoms with Crippen LogP contribution in [0.1, 0.15) is 12.0 Å². The standard InChI is InChI=1S/C8H9BrClN/c9-4-1-2-7-3-5-11-8(10)6-7/h3,5-6H,1-2,4H2. The number of halogens is 2. The van der Waals surface area contributed by atoms with E-state index in [4.69, 9.17) is 11.6 Å². The molecule has 1 rings (SSSR count). The van der Waals surface area contributed by atoms with E-state index in [1.807, 2.05) is 12.1 Å². The number of alkyl halides is 1. The summed E-state index contributed by atoms with van der Waals surface area (Å²) in [7, 11) is 0. The lowest BCUT2D eigenvalue weighted by Gasteiger charge is -1.97. The largest absolute Gasteiger partial charge is 0.245 e. The van der Waals surface area contributed by atoms with Gasteiger partial charge in [0.1, 0.15) is 5.15 Å². The Kier molecular flexibility index (Phi) is 3.87. The summed E-state index contributed by atoms with van der Waals surface area (Å²) >= 11 is 9.08. The normalized spacial score (nSPS) is 10.0. The molecule has 0 aromatic carbocycles. The van der Waals surface area contributed by atoms with Gasteiger partial charge in [0.05, 0.1) is 0 Å². The van der Waals surface area contributed by atoms with Gasteiger partial charge in [0.2, 0.25) is 0 Å². The molecule has 0 atom stereocenters. The summed E-state index contributed by atoms with van der Waals surface area (Å²) in [5.74, 6) is 0. The zero-order valence-electron chi connectivity index (χ0n) is 6.06. The maximum Gasteiger partial charge on any atom is 0.129 e. The summed E-state index contributed by atoms with van der Waals surface area (Å²) in [6.07, 6.45) is 3.94. The van der Waals surface area contributed by atoms with E-state index in [2.05, 4.69) is 20.9 Å². The molecule has 0 saturated carbocycles. The molecule has 0 spiro atoms. The molecule has 0 aliphatic rings. The van der Waals surface area contributed by atoms with E-state index in [9.17, 15) is 0 Å². The van der Waals surface area contributed by atoms with E-state index in [0.717, 1.165) is 18.2 Å². The Balaban J connectivity index is 2.56. The molecule has 0 fully saturated rings. The van der Waals surface area contributed by atoms with Gasteiger partial charge in [0.25, 0.3) is 0 Å². The van der Waals surface area contributed by atoms with Crippen molar-refractivity contribution < 1.29 is 0 Å². The quantitative estimate of drug-likeness (QED) is 0.579. The summed E-state index contributed by atoms with van der Waals surface area (Å²) in [5, 5.41) is 1.62. The minimum atomic E-state index is 0.581. The first-order valence-electron chi connectivity index (χ1n) is 3.49. The van der Waals surface area contributed by atoms with Crippen LogP contribution in [-0.2, 0) is 6.42 Å². The topological polar surface area (TPSA) is 12.9 Å². The van der Waals surface area contributed by atoms with Crippen LogP contribution in [0.2, 0.25) is 5.15 Å². The van der Waals surface area contributed by atoms with Crippen molar-refractivity contribution >= 4 is 27.5 Å². The Hall–Kier alpha value is -0.0800.